The number of Topliss-reactive ketones (excluding diaryl/α,β-unsaturated/α-hetero) is 1. The van der Waals surface area contributed by atoms with Crippen LogP contribution in [0.5, 0.6) is 5.75 Å². The number of ether oxygens (including phenoxy) is 1. The van der Waals surface area contributed by atoms with Crippen LogP contribution >= 0.6 is 0 Å². The Balaban J connectivity index is 1.43. The summed E-state index contributed by atoms with van der Waals surface area (Å²) < 4.78 is 5.90. The van der Waals surface area contributed by atoms with E-state index in [1.54, 1.807) is 6.92 Å². The van der Waals surface area contributed by atoms with E-state index in [2.05, 4.69) is 56.3 Å². The molecule has 0 N–H and O–H groups in total. The highest BCUT2D eigenvalue weighted by molar-refractivity contribution is 5.77. The van der Waals surface area contributed by atoms with Crippen molar-refractivity contribution in [2.75, 3.05) is 6.61 Å². The monoisotopic (exact) mass is 439 g/mol. The van der Waals surface area contributed by atoms with Gasteiger partial charge in [-0.1, -0.05) is 50.2 Å². The Morgan fingerprint density at radius 1 is 1.06 bits per heavy atom. The first-order valence-electron chi connectivity index (χ1n) is 12.4. The lowest BCUT2D eigenvalue weighted by Crippen LogP contribution is -2.06. The lowest BCUT2D eigenvalue weighted by molar-refractivity contribution is -0.117. The largest absolute Gasteiger partial charge is 0.491 e. The van der Waals surface area contributed by atoms with Crippen molar-refractivity contribution < 1.29 is 9.53 Å². The van der Waals surface area contributed by atoms with E-state index in [9.17, 15) is 4.79 Å². The first kappa shape index (κ1) is 21.9. The number of pyridine rings is 1. The average molecular weight is 440 g/mol. The van der Waals surface area contributed by atoms with Gasteiger partial charge >= 0.3 is 0 Å². The van der Waals surface area contributed by atoms with Gasteiger partial charge in [0.2, 0.25) is 0 Å². The van der Waals surface area contributed by atoms with E-state index in [-0.39, 0.29) is 11.7 Å². The molecule has 0 fully saturated rings. The van der Waals surface area contributed by atoms with Gasteiger partial charge in [0.15, 0.2) is 0 Å². The second-order valence-electron chi connectivity index (χ2n) is 9.61. The fraction of sp³-hybridized carbons (Fsp3) is 0.400. The fourth-order valence-corrected chi connectivity index (χ4v) is 5.86. The van der Waals surface area contributed by atoms with Gasteiger partial charge in [0.05, 0.1) is 12.3 Å². The maximum absolute atomic E-state index is 11.6. The normalized spacial score (nSPS) is 18.6. The molecule has 1 aliphatic heterocycles. The van der Waals surface area contributed by atoms with E-state index in [1.165, 1.54) is 45.4 Å². The number of hydrogen-bond acceptors (Lipinski definition) is 3. The predicted octanol–water partition coefficient (Wildman–Crippen LogP) is 6.60. The molecule has 0 saturated carbocycles. The maximum atomic E-state index is 11.6. The Labute approximate surface area is 197 Å². The molecule has 2 atom stereocenters. The van der Waals surface area contributed by atoms with Gasteiger partial charge in [0.25, 0.3) is 0 Å². The Morgan fingerprint density at radius 2 is 1.82 bits per heavy atom. The van der Waals surface area contributed by atoms with Crippen LogP contribution in [0.2, 0.25) is 0 Å². The summed E-state index contributed by atoms with van der Waals surface area (Å²) in [5.41, 5.74) is 11.0. The standard InChI is InChI=1S/C30H33NO2/c1-4-21-8-6-9-22(5-2)29(21)27-11-7-10-25-23(12-13-26(25)27)15-20-16-28-30(31-17-20)24(18-33-28)14-19(3)32/h6-11,16-17,23-24H,4-5,12-15,18H2,1-3H3/t23-,24?/m0/s1. The molecule has 0 spiro atoms. The number of hydrogen-bond donors (Lipinski definition) is 0. The molecule has 3 heteroatoms. The maximum Gasteiger partial charge on any atom is 0.141 e. The van der Waals surface area contributed by atoms with Crippen LogP contribution in [0.15, 0.2) is 48.7 Å². The van der Waals surface area contributed by atoms with Gasteiger partial charge in [0.1, 0.15) is 11.5 Å². The average Bonchev–Trinajstić information content (AvgIpc) is 3.42. The Kier molecular flexibility index (Phi) is 6.05. The van der Waals surface area contributed by atoms with Crippen LogP contribution in [0.4, 0.5) is 0 Å². The van der Waals surface area contributed by atoms with Crippen molar-refractivity contribution in [3.63, 3.8) is 0 Å². The van der Waals surface area contributed by atoms with E-state index < -0.39 is 0 Å². The molecular formula is C30H33NO2. The van der Waals surface area contributed by atoms with Crippen LogP contribution in [0.25, 0.3) is 11.1 Å². The number of fused-ring (bicyclic) bond motifs is 2. The third kappa shape index (κ3) is 4.10. The van der Waals surface area contributed by atoms with Crippen LogP contribution in [-0.2, 0) is 30.5 Å². The molecule has 33 heavy (non-hydrogen) atoms. The first-order valence-corrected chi connectivity index (χ1v) is 12.4. The molecule has 0 radical (unpaired) electrons. The fourth-order valence-electron chi connectivity index (χ4n) is 5.86. The molecule has 170 valence electrons. The summed E-state index contributed by atoms with van der Waals surface area (Å²) in [7, 11) is 0. The summed E-state index contributed by atoms with van der Waals surface area (Å²) in [5.74, 6) is 1.67. The van der Waals surface area contributed by atoms with Crippen molar-refractivity contribution in [1.82, 2.24) is 4.98 Å². The Morgan fingerprint density at radius 3 is 2.55 bits per heavy atom. The van der Waals surface area contributed by atoms with Gasteiger partial charge < -0.3 is 9.53 Å². The minimum atomic E-state index is 0.104. The highest BCUT2D eigenvalue weighted by Crippen LogP contribution is 2.43. The molecule has 2 aromatic carbocycles. The summed E-state index contributed by atoms with van der Waals surface area (Å²) >= 11 is 0. The zero-order valence-corrected chi connectivity index (χ0v) is 20.0. The molecule has 3 nitrogen and oxygen atoms in total. The minimum absolute atomic E-state index is 0.104. The van der Waals surface area contributed by atoms with Gasteiger partial charge in [-0.2, -0.15) is 0 Å². The number of aromatic nitrogens is 1. The van der Waals surface area contributed by atoms with Crippen molar-refractivity contribution in [3.8, 4) is 16.9 Å². The van der Waals surface area contributed by atoms with E-state index in [4.69, 9.17) is 9.72 Å². The molecule has 0 amide bonds. The first-order chi connectivity index (χ1) is 16.1. The van der Waals surface area contributed by atoms with Gasteiger partial charge in [-0.15, -0.1) is 0 Å². The highest BCUT2D eigenvalue weighted by Gasteiger charge is 2.29. The summed E-state index contributed by atoms with van der Waals surface area (Å²) in [6, 6.07) is 15.8. The molecule has 1 aromatic heterocycles. The lowest BCUT2D eigenvalue weighted by atomic mass is 9.87. The summed E-state index contributed by atoms with van der Waals surface area (Å²) in [5, 5.41) is 0. The minimum Gasteiger partial charge on any atom is -0.491 e. The van der Waals surface area contributed by atoms with Crippen LogP contribution in [0, 0.1) is 0 Å². The number of carbonyl (C=O) groups excluding carboxylic acids is 1. The highest BCUT2D eigenvalue weighted by atomic mass is 16.5. The molecule has 2 heterocycles. The SMILES string of the molecule is CCc1cccc(CC)c1-c1cccc2c1CC[C@H]2Cc1cnc2c(c1)OCC2CC(C)=O. The van der Waals surface area contributed by atoms with Gasteiger partial charge in [-0.3, -0.25) is 4.98 Å². The summed E-state index contributed by atoms with van der Waals surface area (Å²) in [6.45, 7) is 6.72. The van der Waals surface area contributed by atoms with Crippen LogP contribution in [0.1, 0.15) is 79.0 Å². The predicted molar refractivity (Wildman–Crippen MR) is 133 cm³/mol. The molecular weight excluding hydrogens is 406 g/mol. The van der Waals surface area contributed by atoms with Gasteiger partial charge in [0, 0.05) is 18.5 Å². The van der Waals surface area contributed by atoms with Crippen LogP contribution < -0.4 is 4.74 Å². The summed E-state index contributed by atoms with van der Waals surface area (Å²) in [4.78, 5) is 16.3. The second-order valence-corrected chi connectivity index (χ2v) is 9.61. The van der Waals surface area contributed by atoms with E-state index >= 15 is 0 Å². The van der Waals surface area contributed by atoms with Crippen molar-refractivity contribution in [1.29, 1.82) is 0 Å². The molecule has 0 bridgehead atoms. The number of aryl methyl sites for hydroxylation is 2. The van der Waals surface area contributed by atoms with E-state index in [1.807, 2.05) is 6.20 Å². The number of rotatable bonds is 7. The molecule has 1 aliphatic carbocycles. The number of benzene rings is 2. The quantitative estimate of drug-likeness (QED) is 0.416. The van der Waals surface area contributed by atoms with Gasteiger partial charge in [-0.25, -0.2) is 0 Å². The van der Waals surface area contributed by atoms with Crippen LogP contribution in [-0.4, -0.2) is 17.4 Å². The topological polar surface area (TPSA) is 39.2 Å². The Bertz CT molecular complexity index is 1170. The van der Waals surface area contributed by atoms with Crippen molar-refractivity contribution in [3.05, 3.63) is 82.2 Å². The van der Waals surface area contributed by atoms with Crippen LogP contribution in [0.3, 0.4) is 0 Å². The third-order valence-electron chi connectivity index (χ3n) is 7.44. The third-order valence-corrected chi connectivity index (χ3v) is 7.44. The van der Waals surface area contributed by atoms with E-state index in [0.29, 0.717) is 18.9 Å². The molecule has 3 aromatic rings. The van der Waals surface area contributed by atoms with E-state index in [0.717, 1.165) is 37.1 Å². The van der Waals surface area contributed by atoms with Crippen molar-refractivity contribution in [2.24, 2.45) is 0 Å². The zero-order chi connectivity index (χ0) is 22.9. The molecule has 0 saturated heterocycles. The lowest BCUT2D eigenvalue weighted by Gasteiger charge is -2.18. The number of carbonyl (C=O) groups is 1. The zero-order valence-electron chi connectivity index (χ0n) is 20.0. The summed E-state index contributed by atoms with van der Waals surface area (Å²) in [6.07, 6.45) is 7.91. The molecule has 2 aliphatic rings. The van der Waals surface area contributed by atoms with Crippen molar-refractivity contribution >= 4 is 5.78 Å². The Hall–Kier alpha value is -2.94. The number of ketones is 1. The van der Waals surface area contributed by atoms with Crippen molar-refractivity contribution in [2.45, 2.75) is 71.1 Å². The molecule has 5 rings (SSSR count). The molecule has 1 unspecified atom stereocenters. The smallest absolute Gasteiger partial charge is 0.141 e. The second kappa shape index (κ2) is 9.13. The van der Waals surface area contributed by atoms with Gasteiger partial charge in [-0.05, 0) is 90.0 Å². The number of nitrogens with zero attached hydrogens (tertiary/aromatic N) is 1.